The highest BCUT2D eigenvalue weighted by atomic mass is 16.6. The van der Waals surface area contributed by atoms with Crippen molar-refractivity contribution in [2.24, 2.45) is 10.9 Å². The van der Waals surface area contributed by atoms with E-state index in [0.717, 1.165) is 63.8 Å². The van der Waals surface area contributed by atoms with E-state index in [1.807, 2.05) is 32.9 Å². The molecule has 3 rings (SSSR count). The van der Waals surface area contributed by atoms with Crippen LogP contribution in [0.2, 0.25) is 0 Å². The maximum absolute atomic E-state index is 12.1. The summed E-state index contributed by atoms with van der Waals surface area (Å²) in [5, 5.41) is 6.41. The van der Waals surface area contributed by atoms with Gasteiger partial charge in [0.05, 0.1) is 13.2 Å². The number of aliphatic imine (C=N–C) groups is 1. The second kappa shape index (κ2) is 10.8. The number of carbonyl (C=O) groups excluding carboxylic acids is 1. The summed E-state index contributed by atoms with van der Waals surface area (Å²) in [7, 11) is 1.70. The lowest BCUT2D eigenvalue weighted by atomic mass is 10.1. The lowest BCUT2D eigenvalue weighted by Crippen LogP contribution is -2.44. The summed E-state index contributed by atoms with van der Waals surface area (Å²) in [6.45, 7) is 13.0. The molecule has 2 aliphatic rings. The van der Waals surface area contributed by atoms with E-state index < -0.39 is 5.60 Å². The lowest BCUT2D eigenvalue weighted by molar-refractivity contribution is 0.0507. The van der Waals surface area contributed by atoms with E-state index in [0.29, 0.717) is 5.92 Å². The first-order chi connectivity index (χ1) is 15.3. The fraction of sp³-hybridized carbons (Fsp3) is 0.667. The van der Waals surface area contributed by atoms with Crippen LogP contribution >= 0.6 is 0 Å². The van der Waals surface area contributed by atoms with Crippen LogP contribution in [0, 0.1) is 5.92 Å². The van der Waals surface area contributed by atoms with Crippen molar-refractivity contribution in [2.75, 3.05) is 51.3 Å². The third kappa shape index (κ3) is 6.93. The van der Waals surface area contributed by atoms with Gasteiger partial charge in [0, 0.05) is 51.0 Å². The quantitative estimate of drug-likeness (QED) is 0.518. The first-order valence-electron chi connectivity index (χ1n) is 11.7. The minimum atomic E-state index is -0.487. The molecule has 0 aliphatic carbocycles. The Morgan fingerprint density at radius 2 is 2.03 bits per heavy atom. The zero-order valence-electron chi connectivity index (χ0n) is 20.2. The minimum Gasteiger partial charge on any atom is -0.497 e. The third-order valence-electron chi connectivity index (χ3n) is 5.75. The van der Waals surface area contributed by atoms with E-state index in [9.17, 15) is 4.79 Å². The molecular weight excluding hydrogens is 406 g/mol. The van der Waals surface area contributed by atoms with Crippen molar-refractivity contribution >= 4 is 17.7 Å². The first-order valence-corrected chi connectivity index (χ1v) is 11.7. The van der Waals surface area contributed by atoms with Crippen molar-refractivity contribution in [3.05, 3.63) is 24.3 Å². The predicted molar refractivity (Wildman–Crippen MR) is 129 cm³/mol. The van der Waals surface area contributed by atoms with Gasteiger partial charge in [-0.25, -0.2) is 4.79 Å². The van der Waals surface area contributed by atoms with Crippen molar-refractivity contribution < 1.29 is 14.3 Å². The number of benzene rings is 1. The molecule has 1 amide bonds. The normalized spacial score (nSPS) is 21.6. The highest BCUT2D eigenvalue weighted by molar-refractivity contribution is 5.80. The Balaban J connectivity index is 1.52. The molecule has 2 saturated heterocycles. The summed E-state index contributed by atoms with van der Waals surface area (Å²) < 4.78 is 10.8. The fourth-order valence-electron chi connectivity index (χ4n) is 4.21. The zero-order valence-corrected chi connectivity index (χ0v) is 20.2. The van der Waals surface area contributed by atoms with Crippen LogP contribution < -0.4 is 20.3 Å². The smallest absolute Gasteiger partial charge is 0.407 e. The molecule has 1 aromatic carbocycles. The Bertz CT molecular complexity index is 792. The van der Waals surface area contributed by atoms with Gasteiger partial charge in [0.25, 0.3) is 0 Å². The van der Waals surface area contributed by atoms with Gasteiger partial charge in [0.2, 0.25) is 0 Å². The van der Waals surface area contributed by atoms with Gasteiger partial charge < -0.3 is 29.9 Å². The number of hydrogen-bond donors (Lipinski definition) is 2. The largest absolute Gasteiger partial charge is 0.497 e. The molecule has 32 heavy (non-hydrogen) atoms. The fourth-order valence-corrected chi connectivity index (χ4v) is 4.21. The summed E-state index contributed by atoms with van der Waals surface area (Å²) in [5.41, 5.74) is 0.719. The maximum atomic E-state index is 12.1. The summed E-state index contributed by atoms with van der Waals surface area (Å²) in [4.78, 5) is 21.7. The predicted octanol–water partition coefficient (Wildman–Crippen LogP) is 3.09. The van der Waals surface area contributed by atoms with E-state index in [1.54, 1.807) is 7.11 Å². The number of ether oxygens (including phenoxy) is 2. The van der Waals surface area contributed by atoms with Gasteiger partial charge in [0.1, 0.15) is 11.4 Å². The van der Waals surface area contributed by atoms with Crippen molar-refractivity contribution in [3.63, 3.8) is 0 Å². The highest BCUT2D eigenvalue weighted by Crippen LogP contribution is 2.27. The molecule has 2 fully saturated rings. The molecule has 2 N–H and O–H groups in total. The van der Waals surface area contributed by atoms with Crippen molar-refractivity contribution in [3.8, 4) is 5.75 Å². The van der Waals surface area contributed by atoms with Crippen LogP contribution in [0.4, 0.5) is 10.5 Å². The molecule has 178 valence electrons. The molecule has 8 heteroatoms. The van der Waals surface area contributed by atoms with Crippen LogP contribution in [0.5, 0.6) is 5.75 Å². The Labute approximate surface area is 192 Å². The highest BCUT2D eigenvalue weighted by Gasteiger charge is 2.28. The second-order valence-electron chi connectivity index (χ2n) is 9.57. The van der Waals surface area contributed by atoms with Gasteiger partial charge in [-0.3, -0.25) is 4.99 Å². The lowest BCUT2D eigenvalue weighted by Gasteiger charge is -2.24. The van der Waals surface area contributed by atoms with E-state index in [-0.39, 0.29) is 12.1 Å². The summed E-state index contributed by atoms with van der Waals surface area (Å²) >= 11 is 0. The van der Waals surface area contributed by atoms with Gasteiger partial charge in [-0.05, 0) is 58.6 Å². The molecule has 0 saturated carbocycles. The Morgan fingerprint density at radius 3 is 2.75 bits per heavy atom. The number of hydrogen-bond acceptors (Lipinski definition) is 5. The van der Waals surface area contributed by atoms with Crippen LogP contribution in [0.15, 0.2) is 29.3 Å². The van der Waals surface area contributed by atoms with E-state index in [1.165, 1.54) is 5.69 Å². The Hall–Kier alpha value is -2.64. The number of alkyl carbamates (subject to hydrolysis) is 1. The Kier molecular flexibility index (Phi) is 8.10. The van der Waals surface area contributed by atoms with Crippen LogP contribution in [0.1, 0.15) is 40.5 Å². The molecule has 8 nitrogen and oxygen atoms in total. The van der Waals surface area contributed by atoms with E-state index >= 15 is 0 Å². The third-order valence-corrected chi connectivity index (χ3v) is 5.75. The topological polar surface area (TPSA) is 78.4 Å². The summed E-state index contributed by atoms with van der Waals surface area (Å²) in [5.74, 6) is 2.34. The number of likely N-dealkylation sites (tertiary alicyclic amines) is 1. The first kappa shape index (κ1) is 24.0. The van der Waals surface area contributed by atoms with Crippen LogP contribution in [0.25, 0.3) is 0 Å². The van der Waals surface area contributed by atoms with Crippen LogP contribution in [0.3, 0.4) is 0 Å². The second-order valence-corrected chi connectivity index (χ2v) is 9.57. The molecule has 2 aliphatic heterocycles. The number of anilines is 1. The SMILES string of the molecule is CCNC(=NCC1CCN(c2cccc(OC)c2)C1)N1CCC(NC(=O)OC(C)(C)C)C1. The van der Waals surface area contributed by atoms with Crippen molar-refractivity contribution in [1.29, 1.82) is 0 Å². The Morgan fingerprint density at radius 1 is 1.22 bits per heavy atom. The molecule has 0 radical (unpaired) electrons. The average molecular weight is 446 g/mol. The summed E-state index contributed by atoms with van der Waals surface area (Å²) in [6, 6.07) is 8.32. The summed E-state index contributed by atoms with van der Waals surface area (Å²) in [6.07, 6.45) is 1.66. The number of rotatable bonds is 6. The van der Waals surface area contributed by atoms with Gasteiger partial charge >= 0.3 is 6.09 Å². The molecule has 2 unspecified atom stereocenters. The molecule has 0 spiro atoms. The number of methoxy groups -OCH3 is 1. The molecule has 0 aromatic heterocycles. The minimum absolute atomic E-state index is 0.0729. The maximum Gasteiger partial charge on any atom is 0.407 e. The molecule has 2 atom stereocenters. The number of nitrogens with zero attached hydrogens (tertiary/aromatic N) is 3. The van der Waals surface area contributed by atoms with Gasteiger partial charge in [0.15, 0.2) is 5.96 Å². The number of amides is 1. The number of guanidine groups is 1. The van der Waals surface area contributed by atoms with Gasteiger partial charge in [-0.15, -0.1) is 0 Å². The average Bonchev–Trinajstić information content (AvgIpc) is 3.39. The molecule has 2 heterocycles. The monoisotopic (exact) mass is 445 g/mol. The van der Waals surface area contributed by atoms with Crippen LogP contribution in [-0.2, 0) is 4.74 Å². The molecule has 0 bridgehead atoms. The van der Waals surface area contributed by atoms with E-state index in [4.69, 9.17) is 14.5 Å². The van der Waals surface area contributed by atoms with Gasteiger partial charge in [-0.1, -0.05) is 6.07 Å². The molecule has 1 aromatic rings. The van der Waals surface area contributed by atoms with Crippen LogP contribution in [-0.4, -0.2) is 75.0 Å². The number of nitrogens with one attached hydrogen (secondary N) is 2. The standard InChI is InChI=1S/C24H39N5O3/c1-6-25-22(29-13-11-19(17-29)27-23(30)32-24(2,3)4)26-15-18-10-12-28(16-18)20-8-7-9-21(14-20)31-5/h7-9,14,18-19H,6,10-13,15-17H2,1-5H3,(H,25,26)(H,27,30). The van der Waals surface area contributed by atoms with Crippen molar-refractivity contribution in [2.45, 2.75) is 52.2 Å². The van der Waals surface area contributed by atoms with Crippen molar-refractivity contribution in [1.82, 2.24) is 15.5 Å². The molecular formula is C24H39N5O3. The van der Waals surface area contributed by atoms with Gasteiger partial charge in [-0.2, -0.15) is 0 Å². The van der Waals surface area contributed by atoms with E-state index in [2.05, 4.69) is 39.5 Å². The number of carbonyl (C=O) groups is 1. The zero-order chi connectivity index (χ0) is 23.1.